The molecule has 1 atom stereocenters. The molecule has 0 saturated heterocycles. The maximum atomic E-state index is 12.7. The molecule has 0 aliphatic heterocycles. The molecular formula is C16H25F3N4. The van der Waals surface area contributed by atoms with Crippen LogP contribution in [-0.4, -0.2) is 24.7 Å². The van der Waals surface area contributed by atoms with Gasteiger partial charge in [-0.25, -0.2) is 4.99 Å². The van der Waals surface area contributed by atoms with Gasteiger partial charge in [0.2, 0.25) is 0 Å². The van der Waals surface area contributed by atoms with Crippen LogP contribution in [-0.2, 0) is 12.0 Å². The lowest BCUT2D eigenvalue weighted by molar-refractivity contribution is -0.147. The molecule has 0 heterocycles. The Bertz CT molecular complexity index is 512. The average Bonchev–Trinajstić information content (AvgIpc) is 2.40. The van der Waals surface area contributed by atoms with E-state index < -0.39 is 18.2 Å². The lowest BCUT2D eigenvalue weighted by Gasteiger charge is -2.19. The van der Waals surface area contributed by atoms with Gasteiger partial charge >= 0.3 is 6.18 Å². The Morgan fingerprint density at radius 1 is 1.13 bits per heavy atom. The maximum absolute atomic E-state index is 12.7. The number of benzene rings is 1. The summed E-state index contributed by atoms with van der Waals surface area (Å²) < 4.78 is 38.2. The lowest BCUT2D eigenvalue weighted by atomic mass is 9.87. The zero-order valence-corrected chi connectivity index (χ0v) is 13.7. The van der Waals surface area contributed by atoms with Gasteiger partial charge in [-0.2, -0.15) is 13.2 Å². The summed E-state index contributed by atoms with van der Waals surface area (Å²) in [5, 5.41) is 2.98. The van der Waals surface area contributed by atoms with Gasteiger partial charge in [-0.15, -0.1) is 0 Å². The van der Waals surface area contributed by atoms with Gasteiger partial charge in [0.1, 0.15) is 0 Å². The SMILES string of the molecule is CC(C)(C)c1ccc(CNCCC(N=C(N)N)C(F)(F)F)cc1. The van der Waals surface area contributed by atoms with E-state index in [4.69, 9.17) is 11.5 Å². The number of hydrogen-bond acceptors (Lipinski definition) is 2. The number of guanidine groups is 1. The fourth-order valence-electron chi connectivity index (χ4n) is 2.08. The van der Waals surface area contributed by atoms with Gasteiger partial charge in [-0.05, 0) is 29.5 Å². The lowest BCUT2D eigenvalue weighted by Crippen LogP contribution is -2.35. The number of nitrogens with one attached hydrogen (secondary N) is 1. The molecule has 0 radical (unpaired) electrons. The monoisotopic (exact) mass is 330 g/mol. The van der Waals surface area contributed by atoms with E-state index in [0.29, 0.717) is 6.54 Å². The van der Waals surface area contributed by atoms with Crippen LogP contribution in [0.3, 0.4) is 0 Å². The first-order chi connectivity index (χ1) is 10.5. The summed E-state index contributed by atoms with van der Waals surface area (Å²) >= 11 is 0. The van der Waals surface area contributed by atoms with Gasteiger partial charge in [0.25, 0.3) is 0 Å². The summed E-state index contributed by atoms with van der Waals surface area (Å²) in [6.07, 6.45) is -4.65. The number of nitrogens with zero attached hydrogens (tertiary/aromatic N) is 1. The summed E-state index contributed by atoms with van der Waals surface area (Å²) in [6.45, 7) is 7.04. The minimum absolute atomic E-state index is 0.0754. The Balaban J connectivity index is 2.49. The van der Waals surface area contributed by atoms with Crippen molar-refractivity contribution in [3.05, 3.63) is 35.4 Å². The normalized spacial score (nSPS) is 13.7. The first-order valence-electron chi connectivity index (χ1n) is 7.46. The highest BCUT2D eigenvalue weighted by molar-refractivity contribution is 5.75. The molecule has 0 bridgehead atoms. The second kappa shape index (κ2) is 7.68. The van der Waals surface area contributed by atoms with Gasteiger partial charge < -0.3 is 16.8 Å². The fraction of sp³-hybridized carbons (Fsp3) is 0.562. The second-order valence-electron chi connectivity index (χ2n) is 6.52. The number of halogens is 3. The topological polar surface area (TPSA) is 76.4 Å². The van der Waals surface area contributed by atoms with E-state index >= 15 is 0 Å². The Hall–Kier alpha value is -1.76. The molecule has 23 heavy (non-hydrogen) atoms. The van der Waals surface area contributed by atoms with Crippen molar-refractivity contribution >= 4 is 5.96 Å². The molecule has 7 heteroatoms. The van der Waals surface area contributed by atoms with Crippen molar-refractivity contribution in [2.24, 2.45) is 16.5 Å². The van der Waals surface area contributed by atoms with E-state index in [1.807, 2.05) is 24.3 Å². The van der Waals surface area contributed by atoms with Crippen molar-refractivity contribution in [1.82, 2.24) is 5.32 Å². The number of nitrogens with two attached hydrogens (primary N) is 2. The van der Waals surface area contributed by atoms with Crippen molar-refractivity contribution in [2.45, 2.75) is 51.4 Å². The number of alkyl halides is 3. The van der Waals surface area contributed by atoms with Crippen LogP contribution in [0.15, 0.2) is 29.3 Å². The van der Waals surface area contributed by atoms with Crippen molar-refractivity contribution in [2.75, 3.05) is 6.54 Å². The highest BCUT2D eigenvalue weighted by atomic mass is 19.4. The smallest absolute Gasteiger partial charge is 0.370 e. The third-order valence-corrected chi connectivity index (χ3v) is 3.43. The molecule has 0 amide bonds. The van der Waals surface area contributed by atoms with Gasteiger partial charge in [0, 0.05) is 6.54 Å². The molecule has 1 aromatic carbocycles. The number of rotatable bonds is 6. The van der Waals surface area contributed by atoms with Crippen LogP contribution >= 0.6 is 0 Å². The van der Waals surface area contributed by atoms with Crippen LogP contribution in [0, 0.1) is 0 Å². The fourth-order valence-corrected chi connectivity index (χ4v) is 2.08. The zero-order valence-electron chi connectivity index (χ0n) is 13.7. The Morgan fingerprint density at radius 3 is 2.13 bits per heavy atom. The summed E-state index contributed by atoms with van der Waals surface area (Å²) in [4.78, 5) is 3.24. The highest BCUT2D eigenvalue weighted by Crippen LogP contribution is 2.25. The van der Waals surface area contributed by atoms with Crippen LogP contribution in [0.1, 0.15) is 38.3 Å². The predicted octanol–water partition coefficient (Wildman–Crippen LogP) is 2.67. The molecule has 1 aromatic rings. The minimum atomic E-state index is -4.44. The third kappa shape index (κ3) is 6.90. The molecule has 0 aliphatic carbocycles. The van der Waals surface area contributed by atoms with Crippen LogP contribution in [0.25, 0.3) is 0 Å². The molecule has 0 fully saturated rings. The standard InChI is InChI=1S/C16H25F3N4/c1-15(2,3)12-6-4-11(5-7-12)10-22-9-8-13(16(17,18)19)23-14(20)21/h4-7,13,22H,8-10H2,1-3H3,(H4,20,21,23). The van der Waals surface area contributed by atoms with E-state index in [-0.39, 0.29) is 18.4 Å². The van der Waals surface area contributed by atoms with Gasteiger partial charge in [0.15, 0.2) is 12.0 Å². The summed E-state index contributed by atoms with van der Waals surface area (Å²) in [7, 11) is 0. The van der Waals surface area contributed by atoms with Gasteiger partial charge in [0.05, 0.1) is 0 Å². The molecule has 5 N–H and O–H groups in total. The number of aliphatic imine (C=N–C) groups is 1. The van der Waals surface area contributed by atoms with Crippen molar-refractivity contribution in [1.29, 1.82) is 0 Å². The van der Waals surface area contributed by atoms with E-state index in [1.165, 1.54) is 5.56 Å². The molecule has 1 rings (SSSR count). The van der Waals surface area contributed by atoms with Crippen LogP contribution in [0.4, 0.5) is 13.2 Å². The van der Waals surface area contributed by atoms with Crippen molar-refractivity contribution in [3.8, 4) is 0 Å². The van der Waals surface area contributed by atoms with Gasteiger partial charge in [-0.3, -0.25) is 0 Å². The molecule has 1 unspecified atom stereocenters. The van der Waals surface area contributed by atoms with Crippen molar-refractivity contribution < 1.29 is 13.2 Å². The zero-order chi connectivity index (χ0) is 17.7. The second-order valence-corrected chi connectivity index (χ2v) is 6.52. The van der Waals surface area contributed by atoms with Crippen molar-refractivity contribution in [3.63, 3.8) is 0 Å². The third-order valence-electron chi connectivity index (χ3n) is 3.43. The molecule has 0 saturated carbocycles. The van der Waals surface area contributed by atoms with E-state index in [1.54, 1.807) is 0 Å². The van der Waals surface area contributed by atoms with E-state index in [9.17, 15) is 13.2 Å². The first-order valence-corrected chi connectivity index (χ1v) is 7.46. The molecular weight excluding hydrogens is 305 g/mol. The Morgan fingerprint density at radius 2 is 1.70 bits per heavy atom. The minimum Gasteiger partial charge on any atom is -0.370 e. The van der Waals surface area contributed by atoms with E-state index in [2.05, 4.69) is 31.1 Å². The molecule has 4 nitrogen and oxygen atoms in total. The first kappa shape index (κ1) is 19.3. The Labute approximate surface area is 135 Å². The summed E-state index contributed by atoms with van der Waals surface area (Å²) in [5.41, 5.74) is 12.4. The van der Waals surface area contributed by atoms with Crippen LogP contribution in [0.2, 0.25) is 0 Å². The van der Waals surface area contributed by atoms with Crippen LogP contribution in [0.5, 0.6) is 0 Å². The Kier molecular flexibility index (Phi) is 6.44. The highest BCUT2D eigenvalue weighted by Gasteiger charge is 2.39. The average molecular weight is 330 g/mol. The molecule has 0 spiro atoms. The predicted molar refractivity (Wildman–Crippen MR) is 87.1 cm³/mol. The molecule has 0 aromatic heterocycles. The van der Waals surface area contributed by atoms with Crippen LogP contribution < -0.4 is 16.8 Å². The number of hydrogen-bond donors (Lipinski definition) is 3. The van der Waals surface area contributed by atoms with E-state index in [0.717, 1.165) is 5.56 Å². The maximum Gasteiger partial charge on any atom is 0.410 e. The molecule has 0 aliphatic rings. The quantitative estimate of drug-likeness (QED) is 0.426. The van der Waals surface area contributed by atoms with Gasteiger partial charge in [-0.1, -0.05) is 45.0 Å². The summed E-state index contributed by atoms with van der Waals surface area (Å²) in [5.74, 6) is -0.551. The summed E-state index contributed by atoms with van der Waals surface area (Å²) in [6, 6.07) is 6.16. The largest absolute Gasteiger partial charge is 0.410 e. The molecule has 130 valence electrons.